The molecular weight excluding hydrogens is 469 g/mol. The van der Waals surface area contributed by atoms with Crippen LogP contribution in [0.15, 0.2) is 76.2 Å². The van der Waals surface area contributed by atoms with Gasteiger partial charge in [-0.3, -0.25) is 14.9 Å². The van der Waals surface area contributed by atoms with Crippen molar-refractivity contribution in [1.29, 1.82) is 0 Å². The molecule has 1 aromatic heterocycles. The van der Waals surface area contributed by atoms with Crippen molar-refractivity contribution < 1.29 is 18.9 Å². The fourth-order valence-corrected chi connectivity index (χ4v) is 3.39. The predicted octanol–water partition coefficient (Wildman–Crippen LogP) is 5.99. The summed E-state index contributed by atoms with van der Waals surface area (Å²) in [6, 6.07) is 17.8. The van der Waals surface area contributed by atoms with Gasteiger partial charge >= 0.3 is 5.91 Å². The molecule has 0 aliphatic carbocycles. The third kappa shape index (κ3) is 5.49. The fraction of sp³-hybridized carbons (Fsp3) is 0.0435. The number of furan rings is 1. The van der Waals surface area contributed by atoms with Crippen LogP contribution in [0.3, 0.4) is 0 Å². The number of nitrogens with zero attached hydrogens (tertiary/aromatic N) is 2. The molecule has 0 saturated carbocycles. The molecule has 0 aliphatic rings. The van der Waals surface area contributed by atoms with E-state index < -0.39 is 10.8 Å². The maximum atomic E-state index is 12.3. The Kier molecular flexibility index (Phi) is 6.58. The predicted molar refractivity (Wildman–Crippen MR) is 125 cm³/mol. The van der Waals surface area contributed by atoms with Gasteiger partial charge in [0, 0.05) is 33.1 Å². The zero-order valence-electron chi connectivity index (χ0n) is 16.8. The Morgan fingerprint density at radius 1 is 1.09 bits per heavy atom. The number of nitro groups is 1. The summed E-state index contributed by atoms with van der Waals surface area (Å²) < 4.78 is 11.1. The average Bonchev–Trinajstić information content (AvgIpc) is 3.23. The van der Waals surface area contributed by atoms with Crippen molar-refractivity contribution in [3.8, 4) is 5.75 Å². The number of carbonyl (C=O) groups is 1. The molecule has 0 spiro atoms. The lowest BCUT2D eigenvalue weighted by molar-refractivity contribution is -0.384. The van der Waals surface area contributed by atoms with E-state index in [1.54, 1.807) is 42.5 Å². The Labute approximate surface area is 197 Å². The Morgan fingerprint density at radius 2 is 1.88 bits per heavy atom. The number of non-ortho nitro benzene ring substituents is 1. The average molecular weight is 484 g/mol. The second kappa shape index (κ2) is 9.72. The standard InChI is InChI=1S/C23H15Cl2N3O5/c24-17-4-3-15(20(25)11-17)13-32-19-6-1-14(2-7-19)12-26-27-23(29)22-10-16-9-18(28(30)31)5-8-21(16)33-22/h1-12H,13H2,(H,27,29)/b26-12+. The first kappa shape index (κ1) is 22.3. The fourth-order valence-electron chi connectivity index (χ4n) is 2.93. The highest BCUT2D eigenvalue weighted by Gasteiger charge is 2.14. The van der Waals surface area contributed by atoms with Gasteiger partial charge in [0.15, 0.2) is 5.76 Å². The van der Waals surface area contributed by atoms with Gasteiger partial charge in [-0.05, 0) is 54.1 Å². The van der Waals surface area contributed by atoms with E-state index in [4.69, 9.17) is 32.4 Å². The number of nitro benzene ring substituents is 1. The molecule has 4 aromatic rings. The lowest BCUT2D eigenvalue weighted by atomic mass is 10.2. The van der Waals surface area contributed by atoms with Crippen LogP contribution in [0.1, 0.15) is 21.7 Å². The van der Waals surface area contributed by atoms with Crippen molar-refractivity contribution in [2.45, 2.75) is 6.61 Å². The first-order valence-corrected chi connectivity index (χ1v) is 10.3. The van der Waals surface area contributed by atoms with Crippen LogP contribution in [-0.4, -0.2) is 17.0 Å². The van der Waals surface area contributed by atoms with E-state index in [0.29, 0.717) is 33.4 Å². The Bertz CT molecular complexity index is 1370. The Morgan fingerprint density at radius 3 is 2.61 bits per heavy atom. The molecule has 0 aliphatic heterocycles. The smallest absolute Gasteiger partial charge is 0.307 e. The minimum Gasteiger partial charge on any atom is -0.489 e. The molecule has 3 aromatic carbocycles. The van der Waals surface area contributed by atoms with Gasteiger partial charge in [0.1, 0.15) is 17.9 Å². The van der Waals surface area contributed by atoms with Crippen molar-refractivity contribution in [2.24, 2.45) is 5.10 Å². The molecule has 166 valence electrons. The first-order valence-electron chi connectivity index (χ1n) is 9.57. The third-order valence-corrected chi connectivity index (χ3v) is 5.19. The SMILES string of the molecule is O=C(N/N=C/c1ccc(OCc2ccc(Cl)cc2Cl)cc1)c1cc2cc([N+](=O)[O-])ccc2o1. The number of ether oxygens (including phenoxy) is 1. The van der Waals surface area contributed by atoms with Crippen molar-refractivity contribution in [3.05, 3.63) is 104 Å². The molecule has 1 heterocycles. The zero-order valence-corrected chi connectivity index (χ0v) is 18.3. The summed E-state index contributed by atoms with van der Waals surface area (Å²) in [5, 5.41) is 16.3. The van der Waals surface area contributed by atoms with Crippen LogP contribution in [0.2, 0.25) is 10.0 Å². The van der Waals surface area contributed by atoms with Crippen LogP contribution in [0.25, 0.3) is 11.0 Å². The van der Waals surface area contributed by atoms with Gasteiger partial charge in [-0.15, -0.1) is 0 Å². The van der Waals surface area contributed by atoms with Crippen molar-refractivity contribution in [1.82, 2.24) is 5.43 Å². The van der Waals surface area contributed by atoms with Gasteiger partial charge < -0.3 is 9.15 Å². The number of rotatable bonds is 7. The van der Waals surface area contributed by atoms with Crippen molar-refractivity contribution in [2.75, 3.05) is 0 Å². The summed E-state index contributed by atoms with van der Waals surface area (Å²) in [7, 11) is 0. The number of benzene rings is 3. The Balaban J connectivity index is 1.34. The molecule has 0 bridgehead atoms. The third-order valence-electron chi connectivity index (χ3n) is 4.60. The topological polar surface area (TPSA) is 107 Å². The van der Waals surface area contributed by atoms with Crippen LogP contribution in [0.5, 0.6) is 5.75 Å². The van der Waals surface area contributed by atoms with Gasteiger partial charge in [-0.1, -0.05) is 29.3 Å². The molecule has 0 saturated heterocycles. The van der Waals surface area contributed by atoms with Crippen LogP contribution in [0, 0.1) is 10.1 Å². The summed E-state index contributed by atoms with van der Waals surface area (Å²) >= 11 is 12.0. The quantitative estimate of drug-likeness (QED) is 0.197. The van der Waals surface area contributed by atoms with Crippen LogP contribution >= 0.6 is 23.2 Å². The molecule has 1 amide bonds. The summed E-state index contributed by atoms with van der Waals surface area (Å²) in [5.74, 6) is 0.0516. The number of nitrogens with one attached hydrogen (secondary N) is 1. The molecule has 8 nitrogen and oxygen atoms in total. The minimum absolute atomic E-state index is 0.00717. The number of amides is 1. The highest BCUT2D eigenvalue weighted by molar-refractivity contribution is 6.35. The molecule has 10 heteroatoms. The molecule has 0 unspecified atom stereocenters. The maximum absolute atomic E-state index is 12.3. The first-order chi connectivity index (χ1) is 15.9. The zero-order chi connectivity index (χ0) is 23.4. The molecule has 4 rings (SSSR count). The van der Waals surface area contributed by atoms with Gasteiger partial charge in [0.25, 0.3) is 5.69 Å². The summed E-state index contributed by atoms with van der Waals surface area (Å²) in [5.41, 5.74) is 4.19. The van der Waals surface area contributed by atoms with Crippen molar-refractivity contribution in [3.63, 3.8) is 0 Å². The number of halogens is 2. The van der Waals surface area contributed by atoms with Gasteiger partial charge in [0.2, 0.25) is 0 Å². The van der Waals surface area contributed by atoms with E-state index in [9.17, 15) is 14.9 Å². The van der Waals surface area contributed by atoms with Crippen LogP contribution < -0.4 is 10.2 Å². The summed E-state index contributed by atoms with van der Waals surface area (Å²) in [6.07, 6.45) is 1.46. The minimum atomic E-state index is -0.579. The van der Waals surface area contributed by atoms with E-state index in [1.165, 1.54) is 30.5 Å². The lowest BCUT2D eigenvalue weighted by Crippen LogP contribution is -2.16. The van der Waals surface area contributed by atoms with Gasteiger partial charge in [0.05, 0.1) is 11.1 Å². The molecule has 0 radical (unpaired) electrons. The highest BCUT2D eigenvalue weighted by atomic mass is 35.5. The number of carbonyl (C=O) groups excluding carboxylic acids is 1. The second-order valence-corrected chi connectivity index (χ2v) is 7.73. The maximum Gasteiger partial charge on any atom is 0.307 e. The summed E-state index contributed by atoms with van der Waals surface area (Å²) in [6.45, 7) is 0.292. The van der Waals surface area contributed by atoms with Crippen molar-refractivity contribution >= 4 is 52.0 Å². The molecule has 0 atom stereocenters. The number of hydrazone groups is 1. The summed E-state index contributed by atoms with van der Waals surface area (Å²) in [4.78, 5) is 22.6. The number of hydrogen-bond acceptors (Lipinski definition) is 6. The highest BCUT2D eigenvalue weighted by Crippen LogP contribution is 2.25. The van der Waals surface area contributed by atoms with E-state index in [2.05, 4.69) is 10.5 Å². The van der Waals surface area contributed by atoms with E-state index in [1.807, 2.05) is 0 Å². The second-order valence-electron chi connectivity index (χ2n) is 6.88. The molecule has 1 N–H and O–H groups in total. The largest absolute Gasteiger partial charge is 0.489 e. The van der Waals surface area contributed by atoms with Gasteiger partial charge in [-0.2, -0.15) is 5.10 Å². The van der Waals surface area contributed by atoms with E-state index in [-0.39, 0.29) is 11.4 Å². The van der Waals surface area contributed by atoms with E-state index in [0.717, 1.165) is 11.1 Å². The Hall–Kier alpha value is -3.88. The molecular formula is C23H15Cl2N3O5. The normalized spacial score (nSPS) is 11.1. The lowest BCUT2D eigenvalue weighted by Gasteiger charge is -2.08. The number of hydrogen-bond donors (Lipinski definition) is 1. The number of fused-ring (bicyclic) bond motifs is 1. The molecule has 33 heavy (non-hydrogen) atoms. The van der Waals surface area contributed by atoms with Gasteiger partial charge in [-0.25, -0.2) is 5.43 Å². The molecule has 0 fully saturated rings. The van der Waals surface area contributed by atoms with E-state index >= 15 is 0 Å². The van der Waals surface area contributed by atoms with Crippen LogP contribution in [0.4, 0.5) is 5.69 Å². The monoisotopic (exact) mass is 483 g/mol. The van der Waals surface area contributed by atoms with Crippen LogP contribution in [-0.2, 0) is 6.61 Å².